The van der Waals surface area contributed by atoms with Crippen LogP contribution in [0.4, 0.5) is 0 Å². The van der Waals surface area contributed by atoms with E-state index in [0.29, 0.717) is 12.2 Å². The van der Waals surface area contributed by atoms with Gasteiger partial charge >= 0.3 is 0 Å². The monoisotopic (exact) mass is 308 g/mol. The minimum Gasteiger partial charge on any atom is -0.349 e. The minimum absolute atomic E-state index is 0.139. The lowest BCUT2D eigenvalue weighted by molar-refractivity contribution is 0.0933. The molecule has 2 aromatic rings. The lowest BCUT2D eigenvalue weighted by atomic mass is 10.2. The number of carbonyl (C=O) groups is 1. The molecule has 0 aromatic carbocycles. The van der Waals surface area contributed by atoms with Crippen molar-refractivity contribution in [2.24, 2.45) is 0 Å². The van der Waals surface area contributed by atoms with Gasteiger partial charge in [0.05, 0.1) is 6.04 Å². The van der Waals surface area contributed by atoms with Gasteiger partial charge in [-0.2, -0.15) is 0 Å². The van der Waals surface area contributed by atoms with Gasteiger partial charge in [-0.1, -0.05) is 10.6 Å². The van der Waals surface area contributed by atoms with Gasteiger partial charge in [0.2, 0.25) is 0 Å². The molecule has 0 spiro atoms. The van der Waals surface area contributed by atoms with Gasteiger partial charge in [0.15, 0.2) is 5.69 Å². The van der Waals surface area contributed by atoms with Crippen LogP contribution in [0.3, 0.4) is 0 Å². The quantitative estimate of drug-likeness (QED) is 0.919. The number of nitrogens with one attached hydrogen (secondary N) is 1. The van der Waals surface area contributed by atoms with Crippen molar-refractivity contribution in [2.75, 3.05) is 19.6 Å². The summed E-state index contributed by atoms with van der Waals surface area (Å²) in [5.41, 5.74) is 0.404. The number of hydrogen-bond donors (Lipinski definition) is 1. The van der Waals surface area contributed by atoms with Crippen molar-refractivity contribution in [1.82, 2.24) is 19.8 Å². The minimum atomic E-state index is -0.139. The summed E-state index contributed by atoms with van der Waals surface area (Å²) in [4.78, 5) is 15.7. The molecule has 0 aliphatic carbocycles. The molecule has 106 valence electrons. The van der Waals surface area contributed by atoms with Gasteiger partial charge in [-0.25, -0.2) is 0 Å². The SMILES string of the molecule is O=C(NC[C@H](c1cccs1)N1CCCC1)c1csnn1. The van der Waals surface area contributed by atoms with E-state index in [1.807, 2.05) is 0 Å². The first kappa shape index (κ1) is 13.7. The van der Waals surface area contributed by atoms with Gasteiger partial charge in [0.25, 0.3) is 5.91 Å². The topological polar surface area (TPSA) is 58.1 Å². The molecule has 1 atom stereocenters. The molecular weight excluding hydrogens is 292 g/mol. The Bertz CT molecular complexity index is 535. The fraction of sp³-hybridized carbons (Fsp3) is 0.462. The van der Waals surface area contributed by atoms with E-state index in [1.54, 1.807) is 16.7 Å². The fourth-order valence-electron chi connectivity index (χ4n) is 2.49. The van der Waals surface area contributed by atoms with Crippen molar-refractivity contribution in [2.45, 2.75) is 18.9 Å². The summed E-state index contributed by atoms with van der Waals surface area (Å²) >= 11 is 2.94. The van der Waals surface area contributed by atoms with Crippen molar-refractivity contribution < 1.29 is 4.79 Å². The van der Waals surface area contributed by atoms with Gasteiger partial charge in [0, 0.05) is 16.8 Å². The molecule has 3 heterocycles. The van der Waals surface area contributed by atoms with E-state index in [4.69, 9.17) is 0 Å². The van der Waals surface area contributed by atoms with Crippen LogP contribution < -0.4 is 5.32 Å². The van der Waals surface area contributed by atoms with Gasteiger partial charge in [0.1, 0.15) is 0 Å². The summed E-state index contributed by atoms with van der Waals surface area (Å²) in [7, 11) is 0. The molecule has 7 heteroatoms. The average Bonchev–Trinajstić information content (AvgIpc) is 3.22. The van der Waals surface area contributed by atoms with Crippen LogP contribution in [0.2, 0.25) is 0 Å². The van der Waals surface area contributed by atoms with Crippen molar-refractivity contribution in [3.8, 4) is 0 Å². The van der Waals surface area contributed by atoms with Crippen molar-refractivity contribution in [3.63, 3.8) is 0 Å². The highest BCUT2D eigenvalue weighted by Crippen LogP contribution is 2.27. The second kappa shape index (κ2) is 6.43. The Kier molecular flexibility index (Phi) is 4.39. The Labute approximate surface area is 125 Å². The molecule has 0 unspecified atom stereocenters. The molecule has 1 saturated heterocycles. The van der Waals surface area contributed by atoms with E-state index in [9.17, 15) is 4.79 Å². The number of carbonyl (C=O) groups excluding carboxylic acids is 1. The first-order valence-corrected chi connectivity index (χ1v) is 8.39. The van der Waals surface area contributed by atoms with Crippen LogP contribution >= 0.6 is 22.9 Å². The summed E-state index contributed by atoms with van der Waals surface area (Å²) in [6, 6.07) is 4.48. The molecule has 1 fully saturated rings. The van der Waals surface area contributed by atoms with Crippen LogP contribution in [-0.2, 0) is 0 Å². The van der Waals surface area contributed by atoms with Crippen LogP contribution in [-0.4, -0.2) is 40.0 Å². The molecule has 2 aromatic heterocycles. The number of nitrogens with zero attached hydrogens (tertiary/aromatic N) is 3. The number of amides is 1. The summed E-state index contributed by atoms with van der Waals surface area (Å²) in [5, 5.41) is 10.5. The lowest BCUT2D eigenvalue weighted by Crippen LogP contribution is -2.36. The molecule has 0 bridgehead atoms. The first-order chi connectivity index (χ1) is 9.84. The lowest BCUT2D eigenvalue weighted by Gasteiger charge is -2.26. The zero-order valence-electron chi connectivity index (χ0n) is 11.0. The Morgan fingerprint density at radius 1 is 1.45 bits per heavy atom. The van der Waals surface area contributed by atoms with Crippen molar-refractivity contribution in [1.29, 1.82) is 0 Å². The van der Waals surface area contributed by atoms with E-state index < -0.39 is 0 Å². The summed E-state index contributed by atoms with van der Waals surface area (Å²) in [5.74, 6) is -0.139. The largest absolute Gasteiger partial charge is 0.349 e. The molecule has 1 N–H and O–H groups in total. The maximum atomic E-state index is 12.0. The summed E-state index contributed by atoms with van der Waals surface area (Å²) in [6.07, 6.45) is 2.48. The highest BCUT2D eigenvalue weighted by Gasteiger charge is 2.25. The molecule has 0 saturated carbocycles. The van der Waals surface area contributed by atoms with Gasteiger partial charge in [-0.3, -0.25) is 9.69 Å². The standard InChI is InChI=1S/C13H16N4OS2/c18-13(10-9-20-16-15-10)14-8-11(12-4-3-7-19-12)17-5-1-2-6-17/h3-4,7,9,11H,1-2,5-6,8H2,(H,14,18)/t11-/m1/s1. The smallest absolute Gasteiger partial charge is 0.272 e. The zero-order valence-corrected chi connectivity index (χ0v) is 12.6. The van der Waals surface area contributed by atoms with E-state index in [2.05, 4.69) is 37.3 Å². The van der Waals surface area contributed by atoms with Gasteiger partial charge < -0.3 is 5.32 Å². The highest BCUT2D eigenvalue weighted by molar-refractivity contribution is 7.10. The molecule has 0 radical (unpaired) electrons. The summed E-state index contributed by atoms with van der Waals surface area (Å²) in [6.45, 7) is 2.84. The van der Waals surface area contributed by atoms with Crippen LogP contribution in [0.1, 0.15) is 34.2 Å². The fourth-order valence-corrected chi connectivity index (χ4v) is 3.78. The molecule has 1 aliphatic rings. The van der Waals surface area contributed by atoms with E-state index >= 15 is 0 Å². The Balaban J connectivity index is 1.66. The molecule has 20 heavy (non-hydrogen) atoms. The maximum Gasteiger partial charge on any atom is 0.272 e. The van der Waals surface area contributed by atoms with E-state index in [1.165, 1.54) is 29.3 Å². The number of hydrogen-bond acceptors (Lipinski definition) is 6. The van der Waals surface area contributed by atoms with Gasteiger partial charge in [-0.15, -0.1) is 16.4 Å². The third kappa shape index (κ3) is 3.05. The Morgan fingerprint density at radius 2 is 2.30 bits per heavy atom. The third-order valence-electron chi connectivity index (χ3n) is 3.50. The van der Waals surface area contributed by atoms with E-state index in [0.717, 1.165) is 13.1 Å². The molecule has 1 aliphatic heterocycles. The first-order valence-electron chi connectivity index (χ1n) is 6.67. The number of aromatic nitrogens is 2. The average molecular weight is 308 g/mol. The Hall–Kier alpha value is -1.31. The van der Waals surface area contributed by atoms with Crippen molar-refractivity contribution >= 4 is 28.8 Å². The summed E-state index contributed by atoms with van der Waals surface area (Å²) < 4.78 is 3.72. The normalized spacial score (nSPS) is 17.2. The third-order valence-corrected chi connectivity index (χ3v) is 4.98. The molecule has 1 amide bonds. The highest BCUT2D eigenvalue weighted by atomic mass is 32.1. The Morgan fingerprint density at radius 3 is 2.95 bits per heavy atom. The van der Waals surface area contributed by atoms with Crippen LogP contribution in [0.25, 0.3) is 0 Å². The van der Waals surface area contributed by atoms with E-state index in [-0.39, 0.29) is 11.9 Å². The van der Waals surface area contributed by atoms with Gasteiger partial charge in [-0.05, 0) is 48.9 Å². The number of thiophene rings is 1. The molecule has 5 nitrogen and oxygen atoms in total. The second-order valence-electron chi connectivity index (χ2n) is 4.77. The number of likely N-dealkylation sites (tertiary alicyclic amines) is 1. The predicted molar refractivity (Wildman–Crippen MR) is 80.1 cm³/mol. The molecule has 3 rings (SSSR count). The zero-order chi connectivity index (χ0) is 13.8. The second-order valence-corrected chi connectivity index (χ2v) is 6.36. The van der Waals surface area contributed by atoms with Crippen LogP contribution in [0.15, 0.2) is 22.9 Å². The van der Waals surface area contributed by atoms with Crippen LogP contribution in [0.5, 0.6) is 0 Å². The van der Waals surface area contributed by atoms with Crippen LogP contribution in [0, 0.1) is 0 Å². The van der Waals surface area contributed by atoms with Crippen molar-refractivity contribution in [3.05, 3.63) is 33.5 Å². The maximum absolute atomic E-state index is 12.0. The predicted octanol–water partition coefficient (Wildman–Crippen LogP) is 2.17. The molecular formula is C13H16N4OS2. The number of rotatable bonds is 5.